The van der Waals surface area contributed by atoms with Gasteiger partial charge in [-0.1, -0.05) is 6.92 Å². The molecule has 92 valence electrons. The van der Waals surface area contributed by atoms with Crippen LogP contribution in [0.2, 0.25) is 0 Å². The van der Waals surface area contributed by atoms with Crippen molar-refractivity contribution < 1.29 is 4.79 Å². The van der Waals surface area contributed by atoms with E-state index in [2.05, 4.69) is 15.5 Å². The zero-order chi connectivity index (χ0) is 11.4. The molecule has 0 aromatic rings. The third kappa shape index (κ3) is 3.46. The molecule has 0 aromatic carbocycles. The minimum absolute atomic E-state index is 0.131. The number of carbonyl (C=O) groups is 1. The largest absolute Gasteiger partial charge is 0.355 e. The summed E-state index contributed by atoms with van der Waals surface area (Å²) >= 11 is 0. The molecule has 4 heteroatoms. The van der Waals surface area contributed by atoms with Crippen LogP contribution in [0.25, 0.3) is 0 Å². The molecule has 1 amide bonds. The Kier molecular flexibility index (Phi) is 4.18. The summed E-state index contributed by atoms with van der Waals surface area (Å²) in [5, 5.41) is 6.05. The van der Waals surface area contributed by atoms with E-state index in [4.69, 9.17) is 0 Å². The quantitative estimate of drug-likeness (QED) is 0.678. The first-order valence-corrected chi connectivity index (χ1v) is 6.51. The van der Waals surface area contributed by atoms with Crippen molar-refractivity contribution in [2.75, 3.05) is 32.7 Å². The normalized spacial score (nSPS) is 25.9. The number of nitrogens with zero attached hydrogens (tertiary/aromatic N) is 1. The van der Waals surface area contributed by atoms with Crippen LogP contribution in [0.1, 0.15) is 26.2 Å². The number of hydrogen-bond donors (Lipinski definition) is 2. The highest BCUT2D eigenvalue weighted by molar-refractivity contribution is 5.77. The lowest BCUT2D eigenvalue weighted by molar-refractivity contribution is -0.120. The van der Waals surface area contributed by atoms with Crippen LogP contribution in [0.3, 0.4) is 0 Å². The van der Waals surface area contributed by atoms with Crippen LogP contribution in [0, 0.1) is 5.92 Å². The van der Waals surface area contributed by atoms with E-state index in [1.165, 1.54) is 32.4 Å². The number of likely N-dealkylation sites (tertiary alicyclic amines) is 1. The van der Waals surface area contributed by atoms with E-state index < -0.39 is 0 Å². The van der Waals surface area contributed by atoms with Crippen LogP contribution < -0.4 is 10.6 Å². The SMILES string of the molecule is CCNCC(=O)NCC1CCN(C2CC2)C1. The van der Waals surface area contributed by atoms with Gasteiger partial charge in [0.1, 0.15) is 0 Å². The Morgan fingerprint density at radius 3 is 2.88 bits per heavy atom. The Labute approximate surface area is 97.8 Å². The third-order valence-corrected chi connectivity index (χ3v) is 3.50. The maximum Gasteiger partial charge on any atom is 0.233 e. The van der Waals surface area contributed by atoms with Crippen molar-refractivity contribution in [3.05, 3.63) is 0 Å². The Morgan fingerprint density at radius 1 is 1.38 bits per heavy atom. The fourth-order valence-corrected chi connectivity index (χ4v) is 2.36. The molecule has 2 fully saturated rings. The van der Waals surface area contributed by atoms with Gasteiger partial charge in [0.15, 0.2) is 0 Å². The van der Waals surface area contributed by atoms with Crippen LogP contribution in [0.5, 0.6) is 0 Å². The minimum atomic E-state index is 0.131. The average molecular weight is 225 g/mol. The number of nitrogens with one attached hydrogen (secondary N) is 2. The Bertz CT molecular complexity index is 240. The number of likely N-dealkylation sites (N-methyl/N-ethyl adjacent to an activating group) is 1. The van der Waals surface area contributed by atoms with Gasteiger partial charge in [0.2, 0.25) is 5.91 Å². The molecule has 2 N–H and O–H groups in total. The van der Waals surface area contributed by atoms with E-state index in [1.54, 1.807) is 0 Å². The van der Waals surface area contributed by atoms with Crippen LogP contribution in [0.15, 0.2) is 0 Å². The molecule has 2 aliphatic rings. The van der Waals surface area contributed by atoms with Gasteiger partial charge in [0.25, 0.3) is 0 Å². The molecule has 1 aliphatic carbocycles. The lowest BCUT2D eigenvalue weighted by atomic mass is 10.1. The molecule has 0 aromatic heterocycles. The molecule has 1 saturated heterocycles. The van der Waals surface area contributed by atoms with E-state index in [0.717, 1.165) is 19.1 Å². The molecule has 1 heterocycles. The van der Waals surface area contributed by atoms with Crippen molar-refractivity contribution in [2.24, 2.45) is 5.92 Å². The van der Waals surface area contributed by atoms with Gasteiger partial charge < -0.3 is 15.5 Å². The highest BCUT2D eigenvalue weighted by atomic mass is 16.1. The first-order chi connectivity index (χ1) is 7.79. The molecule has 0 radical (unpaired) electrons. The molecule has 1 unspecified atom stereocenters. The van der Waals surface area contributed by atoms with Gasteiger partial charge in [-0.25, -0.2) is 0 Å². The number of rotatable bonds is 6. The number of hydrogen-bond acceptors (Lipinski definition) is 3. The first-order valence-electron chi connectivity index (χ1n) is 6.51. The molecule has 4 nitrogen and oxygen atoms in total. The molecular formula is C12H23N3O. The van der Waals surface area contributed by atoms with E-state index in [9.17, 15) is 4.79 Å². The van der Waals surface area contributed by atoms with E-state index in [-0.39, 0.29) is 5.91 Å². The summed E-state index contributed by atoms with van der Waals surface area (Å²) in [5.74, 6) is 0.804. The van der Waals surface area contributed by atoms with Crippen molar-refractivity contribution in [2.45, 2.75) is 32.2 Å². The minimum Gasteiger partial charge on any atom is -0.355 e. The summed E-state index contributed by atoms with van der Waals surface area (Å²) in [7, 11) is 0. The second-order valence-electron chi connectivity index (χ2n) is 4.97. The van der Waals surface area contributed by atoms with E-state index in [0.29, 0.717) is 12.5 Å². The molecule has 0 bridgehead atoms. The Balaban J connectivity index is 1.58. The zero-order valence-corrected chi connectivity index (χ0v) is 10.2. The highest BCUT2D eigenvalue weighted by Crippen LogP contribution is 2.31. The molecule has 1 aliphatic heterocycles. The Morgan fingerprint density at radius 2 is 2.19 bits per heavy atom. The van der Waals surface area contributed by atoms with Crippen molar-refractivity contribution in [3.63, 3.8) is 0 Å². The summed E-state index contributed by atoms with van der Waals surface area (Å²) < 4.78 is 0. The third-order valence-electron chi connectivity index (χ3n) is 3.50. The summed E-state index contributed by atoms with van der Waals surface area (Å²) in [5.41, 5.74) is 0. The Hall–Kier alpha value is -0.610. The first kappa shape index (κ1) is 11.9. The standard InChI is InChI=1S/C12H23N3O/c1-2-13-8-12(16)14-7-10-5-6-15(9-10)11-3-4-11/h10-11,13H,2-9H2,1H3,(H,14,16). The van der Waals surface area contributed by atoms with Crippen LogP contribution in [-0.2, 0) is 4.79 Å². The molecule has 16 heavy (non-hydrogen) atoms. The monoisotopic (exact) mass is 225 g/mol. The van der Waals surface area contributed by atoms with Gasteiger partial charge in [0, 0.05) is 19.1 Å². The van der Waals surface area contributed by atoms with Gasteiger partial charge >= 0.3 is 0 Å². The van der Waals surface area contributed by atoms with Crippen LogP contribution in [0.4, 0.5) is 0 Å². The number of carbonyl (C=O) groups excluding carboxylic acids is 1. The van der Waals surface area contributed by atoms with Gasteiger partial charge in [-0.2, -0.15) is 0 Å². The van der Waals surface area contributed by atoms with Crippen molar-refractivity contribution in [1.82, 2.24) is 15.5 Å². The fraction of sp³-hybridized carbons (Fsp3) is 0.917. The zero-order valence-electron chi connectivity index (χ0n) is 10.2. The van der Waals surface area contributed by atoms with Crippen molar-refractivity contribution >= 4 is 5.91 Å². The molecule has 2 rings (SSSR count). The van der Waals surface area contributed by atoms with Crippen LogP contribution >= 0.6 is 0 Å². The summed E-state index contributed by atoms with van der Waals surface area (Å²) in [6.45, 7) is 6.59. The lowest BCUT2D eigenvalue weighted by Crippen LogP contribution is -2.37. The van der Waals surface area contributed by atoms with Gasteiger partial charge in [-0.05, 0) is 38.3 Å². The predicted octanol–water partition coefficient (Wildman–Crippen LogP) is 0.196. The summed E-state index contributed by atoms with van der Waals surface area (Å²) in [6, 6.07) is 0.877. The summed E-state index contributed by atoms with van der Waals surface area (Å²) in [4.78, 5) is 14.0. The fourth-order valence-electron chi connectivity index (χ4n) is 2.36. The molecule has 1 atom stereocenters. The van der Waals surface area contributed by atoms with E-state index >= 15 is 0 Å². The summed E-state index contributed by atoms with van der Waals surface area (Å²) in [6.07, 6.45) is 4.02. The molecule has 1 saturated carbocycles. The molecule has 0 spiro atoms. The second-order valence-corrected chi connectivity index (χ2v) is 4.97. The van der Waals surface area contributed by atoms with Crippen molar-refractivity contribution in [1.29, 1.82) is 0 Å². The van der Waals surface area contributed by atoms with Crippen molar-refractivity contribution in [3.8, 4) is 0 Å². The van der Waals surface area contributed by atoms with Gasteiger partial charge in [-0.15, -0.1) is 0 Å². The lowest BCUT2D eigenvalue weighted by Gasteiger charge is -2.15. The smallest absolute Gasteiger partial charge is 0.233 e. The average Bonchev–Trinajstić information content (AvgIpc) is 3.03. The van der Waals surface area contributed by atoms with E-state index in [1.807, 2.05) is 6.92 Å². The molecular weight excluding hydrogens is 202 g/mol. The van der Waals surface area contributed by atoms with Crippen LogP contribution in [-0.4, -0.2) is 49.6 Å². The van der Waals surface area contributed by atoms with Gasteiger partial charge in [0.05, 0.1) is 6.54 Å². The maximum absolute atomic E-state index is 11.4. The van der Waals surface area contributed by atoms with Gasteiger partial charge in [-0.3, -0.25) is 4.79 Å². The highest BCUT2D eigenvalue weighted by Gasteiger charge is 2.34. The predicted molar refractivity (Wildman–Crippen MR) is 64.3 cm³/mol. The topological polar surface area (TPSA) is 44.4 Å². The number of amides is 1. The maximum atomic E-state index is 11.4. The second kappa shape index (κ2) is 5.64.